The number of piperidine rings is 1. The van der Waals surface area contributed by atoms with Crippen molar-refractivity contribution in [1.29, 1.82) is 0 Å². The predicted molar refractivity (Wildman–Crippen MR) is 146 cm³/mol. The van der Waals surface area contributed by atoms with Crippen LogP contribution in [0.2, 0.25) is 0 Å². The van der Waals surface area contributed by atoms with E-state index in [9.17, 15) is 18.0 Å². The van der Waals surface area contributed by atoms with Crippen molar-refractivity contribution in [3.63, 3.8) is 0 Å². The van der Waals surface area contributed by atoms with Gasteiger partial charge in [-0.1, -0.05) is 38.1 Å². The number of hydrogen-bond donors (Lipinski definition) is 2. The van der Waals surface area contributed by atoms with Crippen molar-refractivity contribution in [3.05, 3.63) is 35.4 Å². The van der Waals surface area contributed by atoms with Crippen LogP contribution in [0.25, 0.3) is 0 Å². The van der Waals surface area contributed by atoms with E-state index < -0.39 is 21.5 Å². The Hall–Kier alpha value is -1.81. The molecule has 2 saturated heterocycles. The molecule has 208 valence electrons. The highest BCUT2D eigenvalue weighted by Crippen LogP contribution is 2.67. The number of nitrogens with two attached hydrogens (primary N) is 1. The number of carbonyl (C=O) groups is 2. The van der Waals surface area contributed by atoms with Gasteiger partial charge in [-0.05, 0) is 72.8 Å². The maximum atomic E-state index is 14.1. The van der Waals surface area contributed by atoms with Crippen molar-refractivity contribution < 1.29 is 18.0 Å². The van der Waals surface area contributed by atoms with Crippen molar-refractivity contribution >= 4 is 21.8 Å². The summed E-state index contributed by atoms with van der Waals surface area (Å²) < 4.78 is 29.9. The molecule has 4 atom stereocenters. The van der Waals surface area contributed by atoms with Gasteiger partial charge in [0.15, 0.2) is 0 Å². The fourth-order valence-electron chi connectivity index (χ4n) is 9.02. The standard InChI is InChI=1S/C29H42N4O4S/c1-27(2)21-8-10-29(27,24(17-21)33-25(34)18-23(26(33)35)31-14-13-30)19-38(36,37)32-15-11-28(12-16-32)9-7-20-5-3-4-6-22(20)28/h3-6,21,23-24,31H,7-19,30H2,1-2H3/t21?,23?,24-,29+/m0/s1. The molecule has 8 nitrogen and oxygen atoms in total. The number of benzene rings is 1. The fourth-order valence-corrected chi connectivity index (χ4v) is 11.3. The summed E-state index contributed by atoms with van der Waals surface area (Å²) in [7, 11) is -3.58. The van der Waals surface area contributed by atoms with Crippen molar-refractivity contribution in [2.75, 3.05) is 31.9 Å². The van der Waals surface area contributed by atoms with Gasteiger partial charge in [-0.2, -0.15) is 0 Å². The van der Waals surface area contributed by atoms with Crippen LogP contribution >= 0.6 is 0 Å². The summed E-state index contributed by atoms with van der Waals surface area (Å²) in [4.78, 5) is 28.0. The highest BCUT2D eigenvalue weighted by Gasteiger charge is 2.68. The number of amides is 2. The summed E-state index contributed by atoms with van der Waals surface area (Å²) in [5.41, 5.74) is 7.63. The number of sulfonamides is 1. The van der Waals surface area contributed by atoms with Crippen LogP contribution in [0.3, 0.4) is 0 Å². The Bertz CT molecular complexity index is 1240. The third kappa shape index (κ3) is 3.75. The molecule has 2 unspecified atom stereocenters. The van der Waals surface area contributed by atoms with Gasteiger partial charge in [0.1, 0.15) is 0 Å². The molecule has 2 aliphatic heterocycles. The van der Waals surface area contributed by atoms with E-state index in [2.05, 4.69) is 43.4 Å². The molecule has 3 aliphatic carbocycles. The van der Waals surface area contributed by atoms with Gasteiger partial charge < -0.3 is 11.1 Å². The summed E-state index contributed by atoms with van der Waals surface area (Å²) in [6.07, 6.45) is 6.37. The SMILES string of the molecule is CC1(C)C2CC[C@@]1(CS(=O)(=O)N1CCC3(CCc4ccccc43)CC1)[C@@H](N1C(=O)CC(NCCN)C1=O)C2. The van der Waals surface area contributed by atoms with Crippen LogP contribution in [0.15, 0.2) is 24.3 Å². The van der Waals surface area contributed by atoms with E-state index in [4.69, 9.17) is 5.73 Å². The summed E-state index contributed by atoms with van der Waals surface area (Å²) in [5.74, 6) is -0.0859. The topological polar surface area (TPSA) is 113 Å². The van der Waals surface area contributed by atoms with E-state index in [1.165, 1.54) is 16.0 Å². The largest absolute Gasteiger partial charge is 0.329 e. The molecule has 9 heteroatoms. The monoisotopic (exact) mass is 542 g/mol. The second-order valence-corrected chi connectivity index (χ2v) is 15.0. The number of rotatable bonds is 7. The summed E-state index contributed by atoms with van der Waals surface area (Å²) >= 11 is 0. The van der Waals surface area contributed by atoms with Gasteiger partial charge in [-0.25, -0.2) is 12.7 Å². The molecule has 4 fully saturated rings. The molecule has 0 aromatic heterocycles. The molecule has 2 bridgehead atoms. The Morgan fingerprint density at radius 3 is 2.53 bits per heavy atom. The van der Waals surface area contributed by atoms with E-state index >= 15 is 0 Å². The van der Waals surface area contributed by atoms with Crippen molar-refractivity contribution in [1.82, 2.24) is 14.5 Å². The summed E-state index contributed by atoms with van der Waals surface area (Å²) in [6, 6.07) is 7.71. The molecule has 1 spiro atoms. The second-order valence-electron chi connectivity index (χ2n) is 13.1. The van der Waals surface area contributed by atoms with Crippen LogP contribution in [0.5, 0.6) is 0 Å². The molecule has 3 N–H and O–H groups in total. The first-order valence-electron chi connectivity index (χ1n) is 14.4. The average Bonchev–Trinajstić information content (AvgIpc) is 3.52. The van der Waals surface area contributed by atoms with Crippen LogP contribution < -0.4 is 11.1 Å². The van der Waals surface area contributed by atoms with Gasteiger partial charge >= 0.3 is 0 Å². The van der Waals surface area contributed by atoms with Gasteiger partial charge in [0, 0.05) is 37.6 Å². The average molecular weight is 543 g/mol. The van der Waals surface area contributed by atoms with Crippen molar-refractivity contribution in [2.24, 2.45) is 22.5 Å². The molecule has 2 amide bonds. The predicted octanol–water partition coefficient (Wildman–Crippen LogP) is 2.17. The number of carbonyl (C=O) groups excluding carboxylic acids is 2. The van der Waals surface area contributed by atoms with Gasteiger partial charge in [0.05, 0.1) is 18.2 Å². The molecule has 0 radical (unpaired) electrons. The number of nitrogens with zero attached hydrogens (tertiary/aromatic N) is 2. The number of fused-ring (bicyclic) bond motifs is 4. The van der Waals surface area contributed by atoms with Crippen molar-refractivity contribution in [2.45, 2.75) is 82.7 Å². The number of likely N-dealkylation sites (tertiary alicyclic amines) is 1. The zero-order valence-electron chi connectivity index (χ0n) is 22.7. The first-order chi connectivity index (χ1) is 18.0. The van der Waals surface area contributed by atoms with E-state index in [0.29, 0.717) is 38.5 Å². The minimum Gasteiger partial charge on any atom is -0.329 e. The number of nitrogens with one attached hydrogen (secondary N) is 1. The van der Waals surface area contributed by atoms with Crippen LogP contribution in [0.1, 0.15) is 69.9 Å². The lowest BCUT2D eigenvalue weighted by Crippen LogP contribution is -2.57. The number of hydrogen-bond acceptors (Lipinski definition) is 6. The Morgan fingerprint density at radius 2 is 1.82 bits per heavy atom. The number of aryl methyl sites for hydroxylation is 1. The summed E-state index contributed by atoms with van der Waals surface area (Å²) in [5, 5.41) is 3.11. The van der Waals surface area contributed by atoms with Gasteiger partial charge in [0.25, 0.3) is 0 Å². The van der Waals surface area contributed by atoms with Gasteiger partial charge in [-0.3, -0.25) is 14.5 Å². The Morgan fingerprint density at radius 1 is 1.08 bits per heavy atom. The third-order valence-electron chi connectivity index (χ3n) is 11.4. The number of imide groups is 1. The quantitative estimate of drug-likeness (QED) is 0.511. The fraction of sp³-hybridized carbons (Fsp3) is 0.724. The Balaban J connectivity index is 1.23. The molecule has 2 saturated carbocycles. The summed E-state index contributed by atoms with van der Waals surface area (Å²) in [6.45, 7) is 6.26. The molecule has 38 heavy (non-hydrogen) atoms. The van der Waals surface area contributed by atoms with Crippen molar-refractivity contribution in [3.8, 4) is 0 Å². The van der Waals surface area contributed by atoms with Crippen LogP contribution in [-0.4, -0.2) is 73.5 Å². The highest BCUT2D eigenvalue weighted by atomic mass is 32.2. The molecule has 1 aromatic carbocycles. The van der Waals surface area contributed by atoms with Crippen LogP contribution in [0, 0.1) is 16.7 Å². The third-order valence-corrected chi connectivity index (χ3v) is 13.4. The molecular weight excluding hydrogens is 500 g/mol. The van der Waals surface area contributed by atoms with E-state index in [1.807, 2.05) is 0 Å². The molecular formula is C29H42N4O4S. The zero-order chi connectivity index (χ0) is 26.9. The first-order valence-corrected chi connectivity index (χ1v) is 16.0. The smallest absolute Gasteiger partial charge is 0.247 e. The molecule has 6 rings (SSSR count). The lowest BCUT2D eigenvalue weighted by Gasteiger charge is -2.46. The highest BCUT2D eigenvalue weighted by molar-refractivity contribution is 7.89. The molecule has 1 aromatic rings. The lowest BCUT2D eigenvalue weighted by atomic mass is 9.68. The van der Waals surface area contributed by atoms with E-state index in [0.717, 1.165) is 38.5 Å². The van der Waals surface area contributed by atoms with Gasteiger partial charge in [0.2, 0.25) is 21.8 Å². The Kier molecular flexibility index (Phi) is 6.33. The minimum atomic E-state index is -3.58. The van der Waals surface area contributed by atoms with E-state index in [-0.39, 0.29) is 40.9 Å². The van der Waals surface area contributed by atoms with Crippen LogP contribution in [0.4, 0.5) is 0 Å². The van der Waals surface area contributed by atoms with Crippen LogP contribution in [-0.2, 0) is 31.4 Å². The zero-order valence-corrected chi connectivity index (χ0v) is 23.6. The Labute approximate surface area is 226 Å². The lowest BCUT2D eigenvalue weighted by molar-refractivity contribution is -0.145. The second kappa shape index (κ2) is 9.11. The maximum absolute atomic E-state index is 14.1. The first kappa shape index (κ1) is 26.4. The molecule has 5 aliphatic rings. The van der Waals surface area contributed by atoms with Gasteiger partial charge in [-0.15, -0.1) is 0 Å². The van der Waals surface area contributed by atoms with E-state index in [1.54, 1.807) is 4.31 Å². The minimum absolute atomic E-state index is 0.00963. The normalized spacial score (nSPS) is 34.0. The molecule has 2 heterocycles. The maximum Gasteiger partial charge on any atom is 0.247 e.